The molecular weight excluding hydrogens is 286 g/mol. The Morgan fingerprint density at radius 3 is 2.04 bits per heavy atom. The van der Waals surface area contributed by atoms with Gasteiger partial charge in [-0.1, -0.05) is 30.3 Å². The van der Waals surface area contributed by atoms with Gasteiger partial charge >= 0.3 is 0 Å². The maximum absolute atomic E-state index is 4.42. The number of benzene rings is 2. The van der Waals surface area contributed by atoms with Crippen LogP contribution in [0.4, 0.5) is 11.4 Å². The van der Waals surface area contributed by atoms with Crippen LogP contribution < -0.4 is 4.90 Å². The summed E-state index contributed by atoms with van der Waals surface area (Å²) in [5.41, 5.74) is 3.32. The number of aryl methyl sites for hydroxylation is 2. The second-order valence-electron chi connectivity index (χ2n) is 5.34. The summed E-state index contributed by atoms with van der Waals surface area (Å²) in [5, 5.41) is 12.4. The van der Waals surface area contributed by atoms with E-state index in [1.54, 1.807) is 4.68 Å². The summed E-state index contributed by atoms with van der Waals surface area (Å²) in [4.78, 5) is 2.15. The third-order valence-corrected chi connectivity index (χ3v) is 3.70. The van der Waals surface area contributed by atoms with Gasteiger partial charge in [-0.15, -0.1) is 10.2 Å². The highest BCUT2D eigenvalue weighted by Gasteiger charge is 2.03. The van der Waals surface area contributed by atoms with E-state index in [1.165, 1.54) is 0 Å². The van der Waals surface area contributed by atoms with Crippen molar-refractivity contribution in [1.29, 1.82) is 0 Å². The minimum absolute atomic E-state index is 0.777. The molecule has 0 spiro atoms. The standard InChI is InChI=1S/C18H19N5/c1-14-20-21-15(2)23(14)19-13-16-9-11-18(12-10-16)22(3)17-7-5-4-6-8-17/h4-13H,1-3H3. The lowest BCUT2D eigenvalue weighted by molar-refractivity contribution is 0.799. The maximum Gasteiger partial charge on any atom is 0.151 e. The van der Waals surface area contributed by atoms with Gasteiger partial charge in [0.15, 0.2) is 11.6 Å². The molecule has 3 rings (SSSR count). The average Bonchev–Trinajstić information content (AvgIpc) is 2.92. The summed E-state index contributed by atoms with van der Waals surface area (Å²) < 4.78 is 1.73. The van der Waals surface area contributed by atoms with Crippen molar-refractivity contribution in [3.63, 3.8) is 0 Å². The van der Waals surface area contributed by atoms with Gasteiger partial charge in [0.2, 0.25) is 0 Å². The number of para-hydroxylation sites is 1. The second-order valence-corrected chi connectivity index (χ2v) is 5.34. The van der Waals surface area contributed by atoms with E-state index in [2.05, 4.69) is 51.5 Å². The van der Waals surface area contributed by atoms with Crippen LogP contribution in [0, 0.1) is 13.8 Å². The fourth-order valence-corrected chi connectivity index (χ4v) is 2.34. The molecule has 0 radical (unpaired) electrons. The molecule has 1 aromatic heterocycles. The van der Waals surface area contributed by atoms with Gasteiger partial charge in [0.05, 0.1) is 6.21 Å². The molecule has 0 aliphatic rings. The van der Waals surface area contributed by atoms with Crippen LogP contribution in [0.25, 0.3) is 0 Å². The molecule has 2 aromatic carbocycles. The van der Waals surface area contributed by atoms with Crippen LogP contribution in [0.3, 0.4) is 0 Å². The van der Waals surface area contributed by atoms with Crippen molar-refractivity contribution < 1.29 is 0 Å². The van der Waals surface area contributed by atoms with Crippen LogP contribution in [-0.4, -0.2) is 28.1 Å². The molecule has 0 atom stereocenters. The first-order valence-electron chi connectivity index (χ1n) is 7.47. The third kappa shape index (κ3) is 3.29. The van der Waals surface area contributed by atoms with Crippen LogP contribution in [0.5, 0.6) is 0 Å². The minimum Gasteiger partial charge on any atom is -0.345 e. The highest BCUT2D eigenvalue weighted by Crippen LogP contribution is 2.22. The predicted molar refractivity (Wildman–Crippen MR) is 93.4 cm³/mol. The van der Waals surface area contributed by atoms with E-state index in [-0.39, 0.29) is 0 Å². The molecule has 0 N–H and O–H groups in total. The molecule has 0 fully saturated rings. The van der Waals surface area contributed by atoms with E-state index in [1.807, 2.05) is 50.4 Å². The highest BCUT2D eigenvalue weighted by atomic mass is 15.4. The summed E-state index contributed by atoms with van der Waals surface area (Å²) >= 11 is 0. The summed E-state index contributed by atoms with van der Waals surface area (Å²) in [7, 11) is 2.06. The topological polar surface area (TPSA) is 46.3 Å². The highest BCUT2D eigenvalue weighted by molar-refractivity contribution is 5.80. The molecule has 1 heterocycles. The summed E-state index contributed by atoms with van der Waals surface area (Å²) in [5.74, 6) is 1.55. The smallest absolute Gasteiger partial charge is 0.151 e. The van der Waals surface area contributed by atoms with Crippen molar-refractivity contribution in [3.05, 3.63) is 71.8 Å². The van der Waals surface area contributed by atoms with Gasteiger partial charge in [0.1, 0.15) is 0 Å². The molecule has 0 amide bonds. The van der Waals surface area contributed by atoms with Gasteiger partial charge in [0.25, 0.3) is 0 Å². The van der Waals surface area contributed by atoms with E-state index in [4.69, 9.17) is 0 Å². The summed E-state index contributed by atoms with van der Waals surface area (Å²) in [6.45, 7) is 3.77. The van der Waals surface area contributed by atoms with Crippen molar-refractivity contribution in [2.45, 2.75) is 13.8 Å². The molecule has 5 nitrogen and oxygen atoms in total. The van der Waals surface area contributed by atoms with E-state index in [0.29, 0.717) is 0 Å². The SMILES string of the molecule is Cc1nnc(C)n1N=Cc1ccc(N(C)c2ccccc2)cc1. The number of nitrogens with zero attached hydrogens (tertiary/aromatic N) is 5. The van der Waals surface area contributed by atoms with Crippen LogP contribution in [-0.2, 0) is 0 Å². The van der Waals surface area contributed by atoms with E-state index in [0.717, 1.165) is 28.6 Å². The fourth-order valence-electron chi connectivity index (χ4n) is 2.34. The molecule has 116 valence electrons. The average molecular weight is 305 g/mol. The van der Waals surface area contributed by atoms with Gasteiger partial charge in [0, 0.05) is 18.4 Å². The summed E-state index contributed by atoms with van der Waals surface area (Å²) in [6.07, 6.45) is 1.82. The number of aromatic nitrogens is 3. The first-order valence-corrected chi connectivity index (χ1v) is 7.47. The van der Waals surface area contributed by atoms with Gasteiger partial charge < -0.3 is 4.90 Å². The predicted octanol–water partition coefficient (Wildman–Crippen LogP) is 3.55. The zero-order chi connectivity index (χ0) is 16.2. The van der Waals surface area contributed by atoms with E-state index in [9.17, 15) is 0 Å². The molecule has 3 aromatic rings. The molecule has 0 saturated carbocycles. The first-order chi connectivity index (χ1) is 11.1. The molecule has 0 aliphatic carbocycles. The number of anilines is 2. The van der Waals surface area contributed by atoms with Crippen LogP contribution >= 0.6 is 0 Å². The van der Waals surface area contributed by atoms with Crippen LogP contribution in [0.15, 0.2) is 59.7 Å². The van der Waals surface area contributed by atoms with Gasteiger partial charge in [-0.3, -0.25) is 0 Å². The molecule has 0 saturated heterocycles. The molecule has 0 unspecified atom stereocenters. The Bertz CT molecular complexity index is 784. The van der Waals surface area contributed by atoms with Gasteiger partial charge in [-0.05, 0) is 43.7 Å². The Balaban J connectivity index is 1.77. The zero-order valence-electron chi connectivity index (χ0n) is 13.5. The Hall–Kier alpha value is -2.95. The minimum atomic E-state index is 0.777. The lowest BCUT2D eigenvalue weighted by atomic mass is 10.2. The Morgan fingerprint density at radius 2 is 1.43 bits per heavy atom. The molecule has 5 heteroatoms. The molecule has 0 bridgehead atoms. The number of hydrogen-bond acceptors (Lipinski definition) is 4. The maximum atomic E-state index is 4.42. The quantitative estimate of drug-likeness (QED) is 0.693. The third-order valence-electron chi connectivity index (χ3n) is 3.70. The molecule has 0 aliphatic heterocycles. The second kappa shape index (κ2) is 6.44. The lowest BCUT2D eigenvalue weighted by Gasteiger charge is -2.19. The molecule has 23 heavy (non-hydrogen) atoms. The van der Waals surface area contributed by atoms with Crippen molar-refractivity contribution >= 4 is 17.6 Å². The molecular formula is C18H19N5. The van der Waals surface area contributed by atoms with Crippen molar-refractivity contribution in [2.75, 3.05) is 11.9 Å². The van der Waals surface area contributed by atoms with Crippen LogP contribution in [0.1, 0.15) is 17.2 Å². The first kappa shape index (κ1) is 15.0. The van der Waals surface area contributed by atoms with Crippen molar-refractivity contribution in [2.24, 2.45) is 5.10 Å². The van der Waals surface area contributed by atoms with E-state index >= 15 is 0 Å². The lowest BCUT2D eigenvalue weighted by Crippen LogP contribution is -2.08. The number of hydrogen-bond donors (Lipinski definition) is 0. The fraction of sp³-hybridized carbons (Fsp3) is 0.167. The van der Waals surface area contributed by atoms with Gasteiger partial charge in [-0.2, -0.15) is 5.10 Å². The van der Waals surface area contributed by atoms with Crippen molar-refractivity contribution in [1.82, 2.24) is 14.9 Å². The Labute approximate surface area is 135 Å². The van der Waals surface area contributed by atoms with E-state index < -0.39 is 0 Å². The largest absolute Gasteiger partial charge is 0.345 e. The Kier molecular flexibility index (Phi) is 4.19. The zero-order valence-corrected chi connectivity index (χ0v) is 13.5. The summed E-state index contributed by atoms with van der Waals surface area (Å²) in [6, 6.07) is 18.5. The number of rotatable bonds is 4. The van der Waals surface area contributed by atoms with Crippen LogP contribution in [0.2, 0.25) is 0 Å². The van der Waals surface area contributed by atoms with Gasteiger partial charge in [-0.25, -0.2) is 4.68 Å². The monoisotopic (exact) mass is 305 g/mol. The normalized spacial score (nSPS) is 11.1. The van der Waals surface area contributed by atoms with Crippen molar-refractivity contribution in [3.8, 4) is 0 Å². The Morgan fingerprint density at radius 1 is 0.870 bits per heavy atom.